The molecular formula is C22H36F3N3O2Si. The molecule has 0 aliphatic carbocycles. The second-order valence-electron chi connectivity index (χ2n) is 9.81. The highest BCUT2D eigenvalue weighted by Gasteiger charge is 2.40. The minimum atomic E-state index is -4.43. The molecule has 1 fully saturated rings. The van der Waals surface area contributed by atoms with Crippen LogP contribution < -0.4 is 10.6 Å². The third kappa shape index (κ3) is 7.59. The van der Waals surface area contributed by atoms with E-state index in [2.05, 4.69) is 44.1 Å². The number of rotatable bonds is 8. The van der Waals surface area contributed by atoms with Crippen molar-refractivity contribution in [3.63, 3.8) is 0 Å². The molecule has 0 bridgehead atoms. The number of amides is 1. The molecule has 0 aromatic heterocycles. The number of hydrogen-bond donors (Lipinski definition) is 2. The van der Waals surface area contributed by atoms with Gasteiger partial charge < -0.3 is 15.1 Å². The van der Waals surface area contributed by atoms with Gasteiger partial charge in [0.15, 0.2) is 8.32 Å². The molecule has 1 aromatic rings. The van der Waals surface area contributed by atoms with Crippen molar-refractivity contribution in [2.24, 2.45) is 0 Å². The monoisotopic (exact) mass is 459 g/mol. The Labute approximate surface area is 184 Å². The summed E-state index contributed by atoms with van der Waals surface area (Å²) in [6.45, 7) is 12.4. The third-order valence-corrected chi connectivity index (χ3v) is 10.8. The predicted molar refractivity (Wildman–Crippen MR) is 120 cm³/mol. The van der Waals surface area contributed by atoms with Crippen LogP contribution in [0.15, 0.2) is 24.3 Å². The summed E-state index contributed by atoms with van der Waals surface area (Å²) in [5.74, 6) is -0.724. The highest BCUT2D eigenvalue weighted by molar-refractivity contribution is 6.74. The fraction of sp³-hybridized carbons (Fsp3) is 0.682. The number of carbonyl (C=O) groups is 1. The Morgan fingerprint density at radius 1 is 1.29 bits per heavy atom. The number of carbonyl (C=O) groups excluding carboxylic acids is 1. The number of nitrogens with one attached hydrogen (secondary N) is 2. The summed E-state index contributed by atoms with van der Waals surface area (Å²) in [6.07, 6.45) is -3.22. The van der Waals surface area contributed by atoms with Crippen LogP contribution >= 0.6 is 0 Å². The number of likely N-dealkylation sites (tertiary alicyclic amines) is 1. The topological polar surface area (TPSA) is 53.6 Å². The van der Waals surface area contributed by atoms with Crippen LogP contribution in [0.5, 0.6) is 0 Å². The molecule has 0 spiro atoms. The first-order valence-electron chi connectivity index (χ1n) is 10.7. The van der Waals surface area contributed by atoms with Gasteiger partial charge in [-0.3, -0.25) is 9.69 Å². The third-order valence-electron chi connectivity index (χ3n) is 6.29. The van der Waals surface area contributed by atoms with Crippen molar-refractivity contribution in [2.45, 2.75) is 63.6 Å². The molecule has 1 heterocycles. The van der Waals surface area contributed by atoms with E-state index in [1.807, 2.05) is 18.4 Å². The van der Waals surface area contributed by atoms with E-state index in [-0.39, 0.29) is 22.7 Å². The lowest BCUT2D eigenvalue weighted by Gasteiger charge is -2.38. The van der Waals surface area contributed by atoms with Crippen molar-refractivity contribution in [1.82, 2.24) is 15.5 Å². The molecule has 2 atom stereocenters. The lowest BCUT2D eigenvalue weighted by atomic mass is 10.0. The van der Waals surface area contributed by atoms with Gasteiger partial charge in [0.1, 0.15) is 6.54 Å². The van der Waals surface area contributed by atoms with Gasteiger partial charge in [0.05, 0.1) is 6.10 Å². The maximum Gasteiger partial charge on any atom is 0.405 e. The van der Waals surface area contributed by atoms with Gasteiger partial charge in [-0.25, -0.2) is 0 Å². The quantitative estimate of drug-likeness (QED) is 0.568. The van der Waals surface area contributed by atoms with Crippen LogP contribution in [0.3, 0.4) is 0 Å². The first kappa shape index (κ1) is 25.8. The zero-order valence-electron chi connectivity index (χ0n) is 19.4. The Bertz CT molecular complexity index is 750. The Morgan fingerprint density at radius 3 is 2.55 bits per heavy atom. The Kier molecular flexibility index (Phi) is 8.35. The van der Waals surface area contributed by atoms with Crippen molar-refractivity contribution in [2.75, 3.05) is 33.2 Å². The van der Waals surface area contributed by atoms with Crippen molar-refractivity contribution < 1.29 is 22.4 Å². The zero-order valence-corrected chi connectivity index (χ0v) is 20.4. The van der Waals surface area contributed by atoms with Crippen LogP contribution in [-0.2, 0) is 4.43 Å². The molecule has 1 aliphatic heterocycles. The second kappa shape index (κ2) is 10.0. The summed E-state index contributed by atoms with van der Waals surface area (Å²) in [5.41, 5.74) is 1.10. The number of hydrogen-bond acceptors (Lipinski definition) is 4. The van der Waals surface area contributed by atoms with E-state index >= 15 is 0 Å². The highest BCUT2D eigenvalue weighted by Crippen LogP contribution is 2.38. The summed E-state index contributed by atoms with van der Waals surface area (Å²) >= 11 is 0. The number of nitrogens with zero attached hydrogens (tertiary/aromatic N) is 1. The average molecular weight is 460 g/mol. The minimum Gasteiger partial charge on any atom is -0.413 e. The number of benzene rings is 1. The Balaban J connectivity index is 1.99. The molecular weight excluding hydrogens is 423 g/mol. The molecule has 176 valence electrons. The van der Waals surface area contributed by atoms with E-state index in [0.717, 1.165) is 31.6 Å². The molecule has 1 aliphatic rings. The molecule has 0 saturated carbocycles. The highest BCUT2D eigenvalue weighted by atomic mass is 28.4. The lowest BCUT2D eigenvalue weighted by Crippen LogP contribution is -2.44. The summed E-state index contributed by atoms with van der Waals surface area (Å²) < 4.78 is 43.7. The maximum absolute atomic E-state index is 12.4. The summed E-state index contributed by atoms with van der Waals surface area (Å²) in [6, 6.07) is 6.74. The zero-order chi connectivity index (χ0) is 23.4. The van der Waals surface area contributed by atoms with Gasteiger partial charge >= 0.3 is 6.18 Å². The van der Waals surface area contributed by atoms with Crippen molar-refractivity contribution >= 4 is 14.2 Å². The van der Waals surface area contributed by atoms with Gasteiger partial charge in [-0.05, 0) is 49.3 Å². The Morgan fingerprint density at radius 2 is 1.97 bits per heavy atom. The van der Waals surface area contributed by atoms with E-state index in [1.54, 1.807) is 12.1 Å². The fourth-order valence-corrected chi connectivity index (χ4v) is 4.83. The first-order valence-corrected chi connectivity index (χ1v) is 13.6. The summed E-state index contributed by atoms with van der Waals surface area (Å²) in [5, 5.41) is 5.37. The van der Waals surface area contributed by atoms with Gasteiger partial charge in [0, 0.05) is 31.2 Å². The molecule has 1 aromatic carbocycles. The van der Waals surface area contributed by atoms with E-state index in [4.69, 9.17) is 4.43 Å². The Hall–Kier alpha value is -1.42. The second-order valence-corrected chi connectivity index (χ2v) is 14.6. The van der Waals surface area contributed by atoms with Crippen molar-refractivity contribution in [3.05, 3.63) is 35.4 Å². The normalized spacial score (nSPS) is 19.5. The molecule has 1 amide bonds. The van der Waals surface area contributed by atoms with Crippen LogP contribution in [0.1, 0.15) is 49.2 Å². The number of likely N-dealkylation sites (N-methyl/N-ethyl adjacent to an activating group) is 1. The van der Waals surface area contributed by atoms with Gasteiger partial charge in [0.25, 0.3) is 5.91 Å². The van der Waals surface area contributed by atoms with Crippen LogP contribution in [0.2, 0.25) is 18.1 Å². The largest absolute Gasteiger partial charge is 0.413 e. The average Bonchev–Trinajstić information content (AvgIpc) is 3.09. The van der Waals surface area contributed by atoms with Crippen LogP contribution in [0.25, 0.3) is 0 Å². The van der Waals surface area contributed by atoms with Crippen LogP contribution in [0.4, 0.5) is 13.2 Å². The van der Waals surface area contributed by atoms with Crippen LogP contribution in [0, 0.1) is 0 Å². The first-order chi connectivity index (χ1) is 14.2. The SMILES string of the molecule is CN[C@H](CN1CC[C@H](O[Si](C)(C)C(C)(C)C)C1)c1cccc(C(=O)NCC(F)(F)F)c1. The fourth-order valence-electron chi connectivity index (χ4n) is 3.45. The summed E-state index contributed by atoms with van der Waals surface area (Å²) in [4.78, 5) is 14.4. The lowest BCUT2D eigenvalue weighted by molar-refractivity contribution is -0.123. The van der Waals surface area contributed by atoms with Gasteiger partial charge in [-0.2, -0.15) is 13.2 Å². The molecule has 0 unspecified atom stereocenters. The van der Waals surface area contributed by atoms with Crippen molar-refractivity contribution in [1.29, 1.82) is 0 Å². The molecule has 2 N–H and O–H groups in total. The van der Waals surface area contributed by atoms with E-state index in [0.29, 0.717) is 0 Å². The van der Waals surface area contributed by atoms with Crippen molar-refractivity contribution in [3.8, 4) is 0 Å². The predicted octanol–water partition coefficient (Wildman–Crippen LogP) is 4.34. The molecule has 5 nitrogen and oxygen atoms in total. The maximum atomic E-state index is 12.4. The number of alkyl halides is 3. The molecule has 2 rings (SSSR count). The van der Waals surface area contributed by atoms with E-state index < -0.39 is 26.9 Å². The smallest absolute Gasteiger partial charge is 0.405 e. The molecule has 9 heteroatoms. The van der Waals surface area contributed by atoms with E-state index in [9.17, 15) is 18.0 Å². The molecule has 31 heavy (non-hydrogen) atoms. The van der Waals surface area contributed by atoms with Gasteiger partial charge in [0.2, 0.25) is 0 Å². The van der Waals surface area contributed by atoms with Gasteiger partial charge in [-0.1, -0.05) is 32.9 Å². The van der Waals surface area contributed by atoms with E-state index in [1.165, 1.54) is 6.07 Å². The van der Waals surface area contributed by atoms with Crippen LogP contribution in [-0.4, -0.2) is 64.6 Å². The van der Waals surface area contributed by atoms with Gasteiger partial charge in [-0.15, -0.1) is 0 Å². The molecule has 0 radical (unpaired) electrons. The standard InChI is InChI=1S/C22H36F3N3O2Si/c1-21(2,3)31(5,6)30-18-10-11-28(13-18)14-19(26-4)16-8-7-9-17(12-16)20(29)27-15-22(23,24)25/h7-9,12,18-19,26H,10-11,13-15H2,1-6H3,(H,27,29)/t18-,19+/m0/s1. The summed E-state index contributed by atoms with van der Waals surface area (Å²) in [7, 11) is 0.0279. The number of halogens is 3. The minimum absolute atomic E-state index is 0.0398. The molecule has 1 saturated heterocycles.